The van der Waals surface area contributed by atoms with Gasteiger partial charge in [0.2, 0.25) is 0 Å². The van der Waals surface area contributed by atoms with E-state index in [9.17, 15) is 0 Å². The van der Waals surface area contributed by atoms with Gasteiger partial charge in [-0.05, 0) is 12.1 Å². The van der Waals surface area contributed by atoms with Gasteiger partial charge in [0.1, 0.15) is 5.82 Å². The Morgan fingerprint density at radius 1 is 0.821 bits per heavy atom. The van der Waals surface area contributed by atoms with E-state index in [1.807, 2.05) is 30.3 Å². The van der Waals surface area contributed by atoms with E-state index >= 15 is 0 Å². The highest BCUT2D eigenvalue weighted by Gasteiger charge is 2.40. The molecule has 0 aliphatic carbocycles. The average molecular weight is 374 g/mol. The molecule has 5 rings (SSSR count). The molecular formula is C22H22N4O2. The largest absolute Gasteiger partial charge is 0.356 e. The standard InChI is InChI=1S/C22H22N4O2/c1-2-4-17(5-3-1)19-16-20(25-21(24-19)18-6-10-23-11-7-18)26-12-8-22(9-13-26)27-14-15-28-22/h1-7,10-11,16H,8-9,12-15H2. The highest BCUT2D eigenvalue weighted by atomic mass is 16.7. The molecule has 2 fully saturated rings. The Morgan fingerprint density at radius 2 is 1.54 bits per heavy atom. The van der Waals surface area contributed by atoms with Gasteiger partial charge in [0.05, 0.1) is 18.9 Å². The van der Waals surface area contributed by atoms with Crippen LogP contribution in [0.4, 0.5) is 5.82 Å². The molecule has 0 radical (unpaired) electrons. The zero-order valence-corrected chi connectivity index (χ0v) is 15.6. The van der Waals surface area contributed by atoms with Gasteiger partial charge in [0.25, 0.3) is 0 Å². The van der Waals surface area contributed by atoms with Crippen LogP contribution in [0.15, 0.2) is 60.9 Å². The van der Waals surface area contributed by atoms with Gasteiger partial charge in [-0.2, -0.15) is 0 Å². The highest BCUT2D eigenvalue weighted by molar-refractivity contribution is 5.67. The fraction of sp³-hybridized carbons (Fsp3) is 0.318. The molecule has 142 valence electrons. The van der Waals surface area contributed by atoms with E-state index in [2.05, 4.69) is 28.1 Å². The summed E-state index contributed by atoms with van der Waals surface area (Å²) in [4.78, 5) is 16.1. The highest BCUT2D eigenvalue weighted by Crippen LogP contribution is 2.34. The first-order valence-corrected chi connectivity index (χ1v) is 9.69. The normalized spacial score (nSPS) is 18.5. The van der Waals surface area contributed by atoms with E-state index < -0.39 is 0 Å². The number of anilines is 1. The number of rotatable bonds is 3. The van der Waals surface area contributed by atoms with Gasteiger partial charge in [-0.15, -0.1) is 0 Å². The van der Waals surface area contributed by atoms with Crippen molar-refractivity contribution in [1.29, 1.82) is 0 Å². The van der Waals surface area contributed by atoms with Crippen molar-refractivity contribution in [1.82, 2.24) is 15.0 Å². The zero-order valence-electron chi connectivity index (χ0n) is 15.6. The molecule has 2 aliphatic heterocycles. The Hall–Kier alpha value is -2.83. The monoisotopic (exact) mass is 374 g/mol. The fourth-order valence-corrected chi connectivity index (χ4v) is 3.85. The smallest absolute Gasteiger partial charge is 0.171 e. The lowest BCUT2D eigenvalue weighted by atomic mass is 10.0. The van der Waals surface area contributed by atoms with E-state index in [0.29, 0.717) is 19.0 Å². The lowest BCUT2D eigenvalue weighted by Gasteiger charge is -2.38. The number of ether oxygens (including phenoxy) is 2. The predicted octanol–water partition coefficient (Wildman–Crippen LogP) is 3.55. The second-order valence-corrected chi connectivity index (χ2v) is 7.13. The summed E-state index contributed by atoms with van der Waals surface area (Å²) in [6.07, 6.45) is 5.24. The molecule has 1 spiro atoms. The van der Waals surface area contributed by atoms with Crippen molar-refractivity contribution in [2.75, 3.05) is 31.2 Å². The molecule has 1 aromatic carbocycles. The van der Waals surface area contributed by atoms with E-state index in [0.717, 1.165) is 48.6 Å². The van der Waals surface area contributed by atoms with Crippen molar-refractivity contribution in [3.63, 3.8) is 0 Å². The Bertz CT molecular complexity index is 876. The lowest BCUT2D eigenvalue weighted by molar-refractivity contribution is -0.169. The van der Waals surface area contributed by atoms with Gasteiger partial charge >= 0.3 is 0 Å². The fourth-order valence-electron chi connectivity index (χ4n) is 3.85. The molecule has 4 heterocycles. The number of hydrogen-bond acceptors (Lipinski definition) is 6. The van der Waals surface area contributed by atoms with Gasteiger partial charge in [-0.3, -0.25) is 4.98 Å². The van der Waals surface area contributed by atoms with Crippen LogP contribution in [-0.2, 0) is 9.47 Å². The Balaban J connectivity index is 1.50. The molecule has 0 amide bonds. The SMILES string of the molecule is c1ccc(-c2cc(N3CCC4(CC3)OCCO4)nc(-c3ccncc3)n2)cc1. The molecule has 28 heavy (non-hydrogen) atoms. The van der Waals surface area contributed by atoms with Gasteiger partial charge in [-0.1, -0.05) is 30.3 Å². The van der Waals surface area contributed by atoms with Gasteiger partial charge in [0, 0.05) is 55.5 Å². The minimum absolute atomic E-state index is 0.389. The van der Waals surface area contributed by atoms with E-state index in [4.69, 9.17) is 19.4 Å². The lowest BCUT2D eigenvalue weighted by Crippen LogP contribution is -2.45. The van der Waals surface area contributed by atoms with Crippen LogP contribution in [0.25, 0.3) is 22.6 Å². The first kappa shape index (κ1) is 17.3. The predicted molar refractivity (Wildman–Crippen MR) is 107 cm³/mol. The Labute approximate surface area is 164 Å². The third kappa shape index (κ3) is 3.37. The maximum Gasteiger partial charge on any atom is 0.171 e. The summed E-state index contributed by atoms with van der Waals surface area (Å²) in [6, 6.07) is 16.2. The molecule has 6 heteroatoms. The molecule has 6 nitrogen and oxygen atoms in total. The molecule has 0 N–H and O–H groups in total. The van der Waals surface area contributed by atoms with Gasteiger partial charge in [-0.25, -0.2) is 9.97 Å². The first-order valence-electron chi connectivity index (χ1n) is 9.69. The van der Waals surface area contributed by atoms with Crippen LogP contribution in [0.1, 0.15) is 12.8 Å². The van der Waals surface area contributed by atoms with Crippen LogP contribution in [0.5, 0.6) is 0 Å². The van der Waals surface area contributed by atoms with Crippen LogP contribution >= 0.6 is 0 Å². The molecule has 2 aromatic heterocycles. The van der Waals surface area contributed by atoms with Crippen LogP contribution in [0, 0.1) is 0 Å². The number of nitrogens with zero attached hydrogens (tertiary/aromatic N) is 4. The maximum atomic E-state index is 5.86. The third-order valence-corrected chi connectivity index (χ3v) is 5.38. The quantitative estimate of drug-likeness (QED) is 0.699. The summed E-state index contributed by atoms with van der Waals surface area (Å²) in [7, 11) is 0. The van der Waals surface area contributed by atoms with Crippen LogP contribution < -0.4 is 4.90 Å². The second-order valence-electron chi connectivity index (χ2n) is 7.13. The topological polar surface area (TPSA) is 60.4 Å². The van der Waals surface area contributed by atoms with Crippen molar-refractivity contribution in [3.05, 3.63) is 60.9 Å². The molecule has 0 saturated carbocycles. The summed E-state index contributed by atoms with van der Waals surface area (Å²) >= 11 is 0. The zero-order chi connectivity index (χ0) is 18.8. The van der Waals surface area contributed by atoms with Crippen molar-refractivity contribution in [3.8, 4) is 22.6 Å². The minimum atomic E-state index is -0.389. The summed E-state index contributed by atoms with van der Waals surface area (Å²) in [5.41, 5.74) is 2.97. The molecule has 2 saturated heterocycles. The third-order valence-electron chi connectivity index (χ3n) is 5.38. The Morgan fingerprint density at radius 3 is 2.25 bits per heavy atom. The van der Waals surface area contributed by atoms with Crippen LogP contribution in [0.3, 0.4) is 0 Å². The van der Waals surface area contributed by atoms with Crippen molar-refractivity contribution in [2.45, 2.75) is 18.6 Å². The number of pyridine rings is 1. The van der Waals surface area contributed by atoms with Gasteiger partial charge in [0.15, 0.2) is 11.6 Å². The van der Waals surface area contributed by atoms with Gasteiger partial charge < -0.3 is 14.4 Å². The van der Waals surface area contributed by atoms with Crippen LogP contribution in [0.2, 0.25) is 0 Å². The first-order chi connectivity index (χ1) is 13.8. The maximum absolute atomic E-state index is 5.86. The Kier molecular flexibility index (Phi) is 4.50. The summed E-state index contributed by atoms with van der Waals surface area (Å²) in [5, 5.41) is 0. The van der Waals surface area contributed by atoms with E-state index in [1.54, 1.807) is 12.4 Å². The number of benzene rings is 1. The van der Waals surface area contributed by atoms with Crippen molar-refractivity contribution in [2.24, 2.45) is 0 Å². The number of aromatic nitrogens is 3. The van der Waals surface area contributed by atoms with E-state index in [-0.39, 0.29) is 5.79 Å². The summed E-state index contributed by atoms with van der Waals surface area (Å²) < 4.78 is 11.7. The molecular weight excluding hydrogens is 352 g/mol. The molecule has 0 bridgehead atoms. The second kappa shape index (κ2) is 7.30. The molecule has 0 atom stereocenters. The minimum Gasteiger partial charge on any atom is -0.356 e. The molecule has 2 aliphatic rings. The number of hydrogen-bond donors (Lipinski definition) is 0. The van der Waals surface area contributed by atoms with Crippen molar-refractivity contribution >= 4 is 5.82 Å². The molecule has 3 aromatic rings. The summed E-state index contributed by atoms with van der Waals surface area (Å²) in [5.74, 6) is 1.26. The number of piperidine rings is 1. The average Bonchev–Trinajstić information content (AvgIpc) is 3.23. The van der Waals surface area contributed by atoms with E-state index in [1.165, 1.54) is 0 Å². The molecule has 0 unspecified atom stereocenters. The van der Waals surface area contributed by atoms with Crippen molar-refractivity contribution < 1.29 is 9.47 Å². The van der Waals surface area contributed by atoms with Crippen LogP contribution in [-0.4, -0.2) is 47.0 Å². The summed E-state index contributed by atoms with van der Waals surface area (Å²) in [6.45, 7) is 3.08.